The van der Waals surface area contributed by atoms with Gasteiger partial charge >= 0.3 is 5.97 Å². The molecule has 0 aromatic rings. The molecule has 0 aromatic carbocycles. The molecule has 1 amide bonds. The monoisotopic (exact) mass is 226 g/mol. The molecule has 2 fully saturated rings. The molecule has 0 radical (unpaired) electrons. The van der Waals surface area contributed by atoms with Crippen LogP contribution < -0.4 is 5.32 Å². The second-order valence-corrected chi connectivity index (χ2v) is 4.47. The third kappa shape index (κ3) is 2.19. The van der Waals surface area contributed by atoms with E-state index in [9.17, 15) is 9.59 Å². The molecule has 0 saturated carbocycles. The van der Waals surface area contributed by atoms with Crippen LogP contribution >= 0.6 is 0 Å². The number of hydrogen-bond donors (Lipinski definition) is 1. The number of methoxy groups -OCH3 is 1. The molecule has 2 atom stereocenters. The van der Waals surface area contributed by atoms with Gasteiger partial charge in [0.05, 0.1) is 13.0 Å². The molecule has 16 heavy (non-hydrogen) atoms. The first kappa shape index (κ1) is 11.4. The van der Waals surface area contributed by atoms with Gasteiger partial charge in [-0.2, -0.15) is 0 Å². The van der Waals surface area contributed by atoms with Crippen LogP contribution in [0.1, 0.15) is 19.3 Å². The number of piperidine rings is 1. The lowest BCUT2D eigenvalue weighted by atomic mass is 10.1. The Morgan fingerprint density at radius 3 is 3.00 bits per heavy atom. The van der Waals surface area contributed by atoms with E-state index in [1.54, 1.807) is 0 Å². The normalized spacial score (nSPS) is 30.6. The van der Waals surface area contributed by atoms with E-state index in [1.165, 1.54) is 7.11 Å². The Hall–Kier alpha value is -1.10. The predicted molar refractivity (Wildman–Crippen MR) is 57.7 cm³/mol. The summed E-state index contributed by atoms with van der Waals surface area (Å²) in [5.74, 6) is -0.442. The second kappa shape index (κ2) is 4.82. The summed E-state index contributed by atoms with van der Waals surface area (Å²) in [6, 6.07) is 0.260. The van der Waals surface area contributed by atoms with Crippen LogP contribution in [0.2, 0.25) is 0 Å². The maximum Gasteiger partial charge on any atom is 0.310 e. The van der Waals surface area contributed by atoms with Gasteiger partial charge in [0.15, 0.2) is 0 Å². The third-order valence-corrected chi connectivity index (χ3v) is 3.40. The third-order valence-electron chi connectivity index (χ3n) is 3.40. The Labute approximate surface area is 95.1 Å². The van der Waals surface area contributed by atoms with Crippen molar-refractivity contribution < 1.29 is 14.3 Å². The summed E-state index contributed by atoms with van der Waals surface area (Å²) >= 11 is 0. The standard InChI is InChI=1S/C11H18N2O3/c1-16-11(15)8-5-10(14)13(7-8)9-3-2-4-12-6-9/h8-9,12H,2-7H2,1H3/t8?,9-/m1/s1. The fraction of sp³-hybridized carbons (Fsp3) is 0.818. The van der Waals surface area contributed by atoms with E-state index in [0.717, 1.165) is 25.9 Å². The lowest BCUT2D eigenvalue weighted by Gasteiger charge is -2.31. The van der Waals surface area contributed by atoms with Gasteiger partial charge in [0, 0.05) is 25.6 Å². The average Bonchev–Trinajstić information content (AvgIpc) is 2.71. The van der Waals surface area contributed by atoms with Crippen LogP contribution in [0.5, 0.6) is 0 Å². The molecule has 5 nitrogen and oxygen atoms in total. The molecule has 90 valence electrons. The van der Waals surface area contributed by atoms with Crippen molar-refractivity contribution in [1.29, 1.82) is 0 Å². The zero-order chi connectivity index (χ0) is 11.5. The van der Waals surface area contributed by atoms with Gasteiger partial charge in [0.25, 0.3) is 0 Å². The minimum atomic E-state index is -0.264. The van der Waals surface area contributed by atoms with Crippen LogP contribution in [0.15, 0.2) is 0 Å². The van der Waals surface area contributed by atoms with Crippen molar-refractivity contribution in [2.75, 3.05) is 26.7 Å². The highest BCUT2D eigenvalue weighted by Crippen LogP contribution is 2.23. The number of nitrogens with zero attached hydrogens (tertiary/aromatic N) is 1. The maximum atomic E-state index is 11.8. The van der Waals surface area contributed by atoms with Crippen LogP contribution in [0.4, 0.5) is 0 Å². The predicted octanol–water partition coefficient (Wildman–Crippen LogP) is -0.240. The van der Waals surface area contributed by atoms with E-state index < -0.39 is 0 Å². The highest BCUT2D eigenvalue weighted by Gasteiger charge is 2.38. The first-order valence-electron chi connectivity index (χ1n) is 5.80. The lowest BCUT2D eigenvalue weighted by molar-refractivity contribution is -0.145. The largest absolute Gasteiger partial charge is 0.469 e. The quantitative estimate of drug-likeness (QED) is 0.660. The summed E-state index contributed by atoms with van der Waals surface area (Å²) in [5.41, 5.74) is 0. The minimum Gasteiger partial charge on any atom is -0.469 e. The van der Waals surface area contributed by atoms with E-state index in [4.69, 9.17) is 0 Å². The molecule has 0 spiro atoms. The molecule has 1 unspecified atom stereocenters. The van der Waals surface area contributed by atoms with Gasteiger partial charge in [-0.15, -0.1) is 0 Å². The Kier molecular flexibility index (Phi) is 3.43. The zero-order valence-corrected chi connectivity index (χ0v) is 9.57. The highest BCUT2D eigenvalue weighted by molar-refractivity contribution is 5.87. The average molecular weight is 226 g/mol. The van der Waals surface area contributed by atoms with Crippen molar-refractivity contribution in [3.63, 3.8) is 0 Å². The van der Waals surface area contributed by atoms with Crippen LogP contribution in [0.3, 0.4) is 0 Å². The van der Waals surface area contributed by atoms with Crippen molar-refractivity contribution in [3.8, 4) is 0 Å². The number of esters is 1. The fourth-order valence-corrected chi connectivity index (χ4v) is 2.51. The van der Waals surface area contributed by atoms with Crippen molar-refractivity contribution in [1.82, 2.24) is 10.2 Å². The summed E-state index contributed by atoms with van der Waals surface area (Å²) in [6.07, 6.45) is 2.44. The fourth-order valence-electron chi connectivity index (χ4n) is 2.51. The van der Waals surface area contributed by atoms with Crippen molar-refractivity contribution in [2.24, 2.45) is 5.92 Å². The number of hydrogen-bond acceptors (Lipinski definition) is 4. The lowest BCUT2D eigenvalue weighted by Crippen LogP contribution is -2.46. The molecule has 0 bridgehead atoms. The van der Waals surface area contributed by atoms with Crippen LogP contribution in [-0.4, -0.2) is 49.6 Å². The van der Waals surface area contributed by atoms with Gasteiger partial charge in [0.2, 0.25) is 5.91 Å². The molecule has 2 aliphatic heterocycles. The Morgan fingerprint density at radius 1 is 1.56 bits per heavy atom. The number of likely N-dealkylation sites (tertiary alicyclic amines) is 1. The highest BCUT2D eigenvalue weighted by atomic mass is 16.5. The number of nitrogens with one attached hydrogen (secondary N) is 1. The topological polar surface area (TPSA) is 58.6 Å². The van der Waals surface area contributed by atoms with Crippen LogP contribution in [0, 0.1) is 5.92 Å². The molecule has 2 rings (SSSR count). The summed E-state index contributed by atoms with van der Waals surface area (Å²) in [7, 11) is 1.37. The van der Waals surface area contributed by atoms with E-state index in [1.807, 2.05) is 4.90 Å². The molecule has 2 heterocycles. The first-order valence-corrected chi connectivity index (χ1v) is 5.80. The zero-order valence-electron chi connectivity index (χ0n) is 9.57. The summed E-state index contributed by atoms with van der Waals surface area (Å²) in [5, 5.41) is 3.28. The van der Waals surface area contributed by atoms with Gasteiger partial charge in [-0.1, -0.05) is 0 Å². The van der Waals surface area contributed by atoms with E-state index >= 15 is 0 Å². The number of ether oxygens (including phenoxy) is 1. The first-order chi connectivity index (χ1) is 7.72. The Morgan fingerprint density at radius 2 is 2.38 bits per heavy atom. The number of carbonyl (C=O) groups is 2. The summed E-state index contributed by atoms with van der Waals surface area (Å²) in [4.78, 5) is 25.0. The number of amides is 1. The molecule has 2 aliphatic rings. The van der Waals surface area contributed by atoms with E-state index in [0.29, 0.717) is 13.0 Å². The molecule has 1 N–H and O–H groups in total. The van der Waals surface area contributed by atoms with Crippen LogP contribution in [-0.2, 0) is 14.3 Å². The smallest absolute Gasteiger partial charge is 0.310 e. The molecule has 2 saturated heterocycles. The van der Waals surface area contributed by atoms with Gasteiger partial charge in [-0.3, -0.25) is 9.59 Å². The molecular formula is C11H18N2O3. The van der Waals surface area contributed by atoms with Gasteiger partial charge in [-0.25, -0.2) is 0 Å². The molecule has 5 heteroatoms. The van der Waals surface area contributed by atoms with E-state index in [-0.39, 0.29) is 23.8 Å². The second-order valence-electron chi connectivity index (χ2n) is 4.47. The molecule has 0 aliphatic carbocycles. The van der Waals surface area contributed by atoms with Crippen molar-refractivity contribution in [3.05, 3.63) is 0 Å². The van der Waals surface area contributed by atoms with Gasteiger partial charge in [0.1, 0.15) is 0 Å². The minimum absolute atomic E-state index is 0.0871. The summed E-state index contributed by atoms with van der Waals surface area (Å²) < 4.78 is 4.68. The van der Waals surface area contributed by atoms with Crippen LogP contribution in [0.25, 0.3) is 0 Å². The van der Waals surface area contributed by atoms with E-state index in [2.05, 4.69) is 10.1 Å². The Bertz CT molecular complexity index is 287. The maximum absolute atomic E-state index is 11.8. The van der Waals surface area contributed by atoms with Gasteiger partial charge < -0.3 is 15.0 Å². The molecular weight excluding hydrogens is 208 g/mol. The molecule has 0 aromatic heterocycles. The summed E-state index contributed by atoms with van der Waals surface area (Å²) in [6.45, 7) is 2.40. The SMILES string of the molecule is COC(=O)C1CC(=O)N([C@@H]2CCCNC2)C1. The number of rotatable bonds is 2. The van der Waals surface area contributed by atoms with Crippen molar-refractivity contribution >= 4 is 11.9 Å². The number of carbonyl (C=O) groups excluding carboxylic acids is 2. The Balaban J connectivity index is 1.96. The van der Waals surface area contributed by atoms with Gasteiger partial charge in [-0.05, 0) is 19.4 Å². The van der Waals surface area contributed by atoms with Crippen molar-refractivity contribution in [2.45, 2.75) is 25.3 Å².